The van der Waals surface area contributed by atoms with Crippen molar-refractivity contribution in [1.29, 1.82) is 0 Å². The van der Waals surface area contributed by atoms with Crippen LogP contribution in [0.25, 0.3) is 0 Å². The van der Waals surface area contributed by atoms with E-state index in [1.807, 2.05) is 0 Å². The SMILES string of the molecule is CC(O)(CN)CCOCCC1CC1. The van der Waals surface area contributed by atoms with E-state index in [0.717, 1.165) is 12.5 Å². The van der Waals surface area contributed by atoms with Gasteiger partial charge in [0.25, 0.3) is 0 Å². The summed E-state index contributed by atoms with van der Waals surface area (Å²) >= 11 is 0. The van der Waals surface area contributed by atoms with Gasteiger partial charge in [0.1, 0.15) is 0 Å². The summed E-state index contributed by atoms with van der Waals surface area (Å²) in [6.07, 6.45) is 4.58. The molecule has 3 heteroatoms. The van der Waals surface area contributed by atoms with Crippen LogP contribution in [0.1, 0.15) is 32.6 Å². The first-order valence-corrected chi connectivity index (χ1v) is 5.14. The molecule has 1 aliphatic carbocycles. The van der Waals surface area contributed by atoms with Crippen LogP contribution in [-0.4, -0.2) is 30.5 Å². The molecule has 3 N–H and O–H groups in total. The van der Waals surface area contributed by atoms with Gasteiger partial charge in [0.2, 0.25) is 0 Å². The zero-order valence-corrected chi connectivity index (χ0v) is 8.46. The highest BCUT2D eigenvalue weighted by Crippen LogP contribution is 2.32. The van der Waals surface area contributed by atoms with E-state index < -0.39 is 5.60 Å². The summed E-state index contributed by atoms with van der Waals surface area (Å²) in [6, 6.07) is 0. The highest BCUT2D eigenvalue weighted by molar-refractivity contribution is 4.74. The molecule has 1 atom stereocenters. The van der Waals surface area contributed by atoms with Crippen molar-refractivity contribution in [2.75, 3.05) is 19.8 Å². The molecule has 13 heavy (non-hydrogen) atoms. The Hall–Kier alpha value is -0.120. The van der Waals surface area contributed by atoms with Crippen LogP contribution in [0, 0.1) is 5.92 Å². The Kier molecular flexibility index (Phi) is 4.16. The van der Waals surface area contributed by atoms with Crippen molar-refractivity contribution < 1.29 is 9.84 Å². The minimum Gasteiger partial charge on any atom is -0.389 e. The molecule has 0 bridgehead atoms. The van der Waals surface area contributed by atoms with E-state index in [9.17, 15) is 5.11 Å². The molecule has 1 fully saturated rings. The second-order valence-electron chi connectivity index (χ2n) is 4.30. The third-order valence-electron chi connectivity index (χ3n) is 2.59. The largest absolute Gasteiger partial charge is 0.389 e. The van der Waals surface area contributed by atoms with Gasteiger partial charge in [-0.2, -0.15) is 0 Å². The van der Waals surface area contributed by atoms with Gasteiger partial charge in [-0.3, -0.25) is 0 Å². The normalized spacial score (nSPS) is 21.5. The standard InChI is InChI=1S/C10H21NO2/c1-10(12,8-11)5-7-13-6-4-9-2-3-9/h9,12H,2-8,11H2,1H3. The monoisotopic (exact) mass is 187 g/mol. The maximum absolute atomic E-state index is 9.54. The van der Waals surface area contributed by atoms with Crippen LogP contribution < -0.4 is 5.73 Å². The van der Waals surface area contributed by atoms with E-state index in [0.29, 0.717) is 19.6 Å². The summed E-state index contributed by atoms with van der Waals surface area (Å²) in [4.78, 5) is 0. The van der Waals surface area contributed by atoms with Crippen molar-refractivity contribution in [1.82, 2.24) is 0 Å². The molecule has 0 radical (unpaired) electrons. The Labute approximate surface area is 80.3 Å². The predicted molar refractivity (Wildman–Crippen MR) is 52.5 cm³/mol. The fourth-order valence-electron chi connectivity index (χ4n) is 1.15. The van der Waals surface area contributed by atoms with Gasteiger partial charge < -0.3 is 15.6 Å². The topological polar surface area (TPSA) is 55.5 Å². The predicted octanol–water partition coefficient (Wildman–Crippen LogP) is 0.903. The average molecular weight is 187 g/mol. The molecule has 1 unspecified atom stereocenters. The third kappa shape index (κ3) is 5.24. The van der Waals surface area contributed by atoms with Gasteiger partial charge in [-0.15, -0.1) is 0 Å². The van der Waals surface area contributed by atoms with Crippen molar-refractivity contribution in [3.8, 4) is 0 Å². The molecule has 0 amide bonds. The molecule has 0 heterocycles. The first-order valence-electron chi connectivity index (χ1n) is 5.14. The highest BCUT2D eigenvalue weighted by atomic mass is 16.5. The Morgan fingerprint density at radius 1 is 1.46 bits per heavy atom. The lowest BCUT2D eigenvalue weighted by molar-refractivity contribution is 0.0198. The van der Waals surface area contributed by atoms with Crippen LogP contribution in [0.4, 0.5) is 0 Å². The molecule has 0 spiro atoms. The molecule has 3 nitrogen and oxygen atoms in total. The molecule has 1 aliphatic rings. The smallest absolute Gasteiger partial charge is 0.0763 e. The minimum absolute atomic E-state index is 0.305. The maximum atomic E-state index is 9.54. The summed E-state index contributed by atoms with van der Waals surface area (Å²) in [7, 11) is 0. The van der Waals surface area contributed by atoms with Gasteiger partial charge >= 0.3 is 0 Å². The van der Waals surface area contributed by atoms with E-state index in [2.05, 4.69) is 0 Å². The molecular formula is C10H21NO2. The van der Waals surface area contributed by atoms with E-state index in [1.165, 1.54) is 19.3 Å². The van der Waals surface area contributed by atoms with Crippen molar-refractivity contribution in [2.24, 2.45) is 11.7 Å². The van der Waals surface area contributed by atoms with Gasteiger partial charge in [-0.25, -0.2) is 0 Å². The number of rotatable bonds is 7. The van der Waals surface area contributed by atoms with Gasteiger partial charge in [0.05, 0.1) is 5.60 Å². The zero-order valence-electron chi connectivity index (χ0n) is 8.46. The van der Waals surface area contributed by atoms with Crippen LogP contribution in [0.2, 0.25) is 0 Å². The second kappa shape index (κ2) is 4.94. The lowest BCUT2D eigenvalue weighted by Gasteiger charge is -2.20. The third-order valence-corrected chi connectivity index (χ3v) is 2.59. The van der Waals surface area contributed by atoms with Crippen molar-refractivity contribution in [3.63, 3.8) is 0 Å². The van der Waals surface area contributed by atoms with Crippen LogP contribution in [-0.2, 0) is 4.74 Å². The lowest BCUT2D eigenvalue weighted by atomic mass is 10.0. The van der Waals surface area contributed by atoms with Gasteiger partial charge in [-0.05, 0) is 19.3 Å². The number of hydrogen-bond donors (Lipinski definition) is 2. The van der Waals surface area contributed by atoms with Crippen LogP contribution in [0.3, 0.4) is 0 Å². The van der Waals surface area contributed by atoms with Crippen molar-refractivity contribution >= 4 is 0 Å². The Morgan fingerprint density at radius 2 is 2.15 bits per heavy atom. The summed E-state index contributed by atoms with van der Waals surface area (Å²) in [5.41, 5.74) is 4.62. The van der Waals surface area contributed by atoms with E-state index in [1.54, 1.807) is 6.92 Å². The molecule has 78 valence electrons. The molecule has 0 aliphatic heterocycles. The lowest BCUT2D eigenvalue weighted by Crippen LogP contribution is -2.35. The van der Waals surface area contributed by atoms with E-state index in [-0.39, 0.29) is 0 Å². The molecule has 0 aromatic rings. The minimum atomic E-state index is -0.750. The molecule has 0 aromatic heterocycles. The quantitative estimate of drug-likeness (QED) is 0.582. The molecule has 0 aromatic carbocycles. The summed E-state index contributed by atoms with van der Waals surface area (Å²) in [5, 5.41) is 9.54. The molecular weight excluding hydrogens is 166 g/mol. The number of aliphatic hydroxyl groups is 1. The van der Waals surface area contributed by atoms with E-state index >= 15 is 0 Å². The highest BCUT2D eigenvalue weighted by Gasteiger charge is 2.21. The Morgan fingerprint density at radius 3 is 2.69 bits per heavy atom. The fraction of sp³-hybridized carbons (Fsp3) is 1.00. The van der Waals surface area contributed by atoms with Gasteiger partial charge in [0.15, 0.2) is 0 Å². The molecule has 0 saturated heterocycles. The fourth-order valence-corrected chi connectivity index (χ4v) is 1.15. The first kappa shape index (κ1) is 11.0. The zero-order chi connectivity index (χ0) is 9.73. The number of nitrogens with two attached hydrogens (primary N) is 1. The Bertz CT molecular complexity index is 144. The molecule has 1 saturated carbocycles. The van der Waals surface area contributed by atoms with Gasteiger partial charge in [-0.1, -0.05) is 12.8 Å². The summed E-state index contributed by atoms with van der Waals surface area (Å²) in [6.45, 7) is 3.51. The Balaban J connectivity index is 1.87. The van der Waals surface area contributed by atoms with Crippen molar-refractivity contribution in [3.05, 3.63) is 0 Å². The van der Waals surface area contributed by atoms with Gasteiger partial charge in [0, 0.05) is 26.2 Å². The van der Waals surface area contributed by atoms with Crippen LogP contribution >= 0.6 is 0 Å². The van der Waals surface area contributed by atoms with Crippen LogP contribution in [0.15, 0.2) is 0 Å². The first-order chi connectivity index (χ1) is 6.14. The van der Waals surface area contributed by atoms with Crippen molar-refractivity contribution in [2.45, 2.75) is 38.2 Å². The molecule has 1 rings (SSSR count). The summed E-state index contributed by atoms with van der Waals surface area (Å²) < 4.78 is 5.41. The number of hydrogen-bond acceptors (Lipinski definition) is 3. The summed E-state index contributed by atoms with van der Waals surface area (Å²) in [5.74, 6) is 0.926. The van der Waals surface area contributed by atoms with Crippen LogP contribution in [0.5, 0.6) is 0 Å². The second-order valence-corrected chi connectivity index (χ2v) is 4.30. The number of ether oxygens (including phenoxy) is 1. The van der Waals surface area contributed by atoms with E-state index in [4.69, 9.17) is 10.5 Å². The average Bonchev–Trinajstić information content (AvgIpc) is 2.87. The maximum Gasteiger partial charge on any atom is 0.0763 e.